The van der Waals surface area contributed by atoms with Crippen LogP contribution in [0.15, 0.2) is 60.9 Å². The molecule has 2 aromatic carbocycles. The lowest BCUT2D eigenvalue weighted by Crippen LogP contribution is -2.32. The fourth-order valence-corrected chi connectivity index (χ4v) is 3.62. The number of hydrogen-bond acceptors (Lipinski definition) is 2. The SMILES string of the molecule is Cc1cc(C)c(C)c(-c2cc(-c3ncccn3)c3ccccc3[n+]2C)c1. The second-order valence-electron chi connectivity index (χ2n) is 6.85. The second-order valence-corrected chi connectivity index (χ2v) is 6.85. The first-order valence-electron chi connectivity index (χ1n) is 8.83. The molecule has 0 unspecified atom stereocenters. The average Bonchev–Trinajstić information content (AvgIpc) is 2.66. The number of pyridine rings is 1. The normalized spacial score (nSPS) is 11.1. The van der Waals surface area contributed by atoms with E-state index in [1.807, 2.05) is 6.07 Å². The second kappa shape index (κ2) is 6.34. The van der Waals surface area contributed by atoms with Crippen LogP contribution >= 0.6 is 0 Å². The Bertz CT molecular complexity index is 1120. The topological polar surface area (TPSA) is 29.7 Å². The van der Waals surface area contributed by atoms with Gasteiger partial charge in [0.1, 0.15) is 7.05 Å². The van der Waals surface area contributed by atoms with Crippen LogP contribution in [-0.4, -0.2) is 9.97 Å². The van der Waals surface area contributed by atoms with Gasteiger partial charge >= 0.3 is 0 Å². The van der Waals surface area contributed by atoms with Gasteiger partial charge in [-0.1, -0.05) is 23.8 Å². The van der Waals surface area contributed by atoms with E-state index in [0.717, 1.165) is 16.8 Å². The molecule has 2 heterocycles. The van der Waals surface area contributed by atoms with E-state index in [9.17, 15) is 0 Å². The van der Waals surface area contributed by atoms with Crippen LogP contribution in [0.25, 0.3) is 33.5 Å². The van der Waals surface area contributed by atoms with Crippen LogP contribution in [0.3, 0.4) is 0 Å². The van der Waals surface area contributed by atoms with E-state index in [2.05, 4.69) is 84.8 Å². The summed E-state index contributed by atoms with van der Waals surface area (Å²) in [6.45, 7) is 6.52. The van der Waals surface area contributed by atoms with Gasteiger partial charge in [-0.25, -0.2) is 9.97 Å². The first-order chi connectivity index (χ1) is 12.6. The molecule has 26 heavy (non-hydrogen) atoms. The predicted molar refractivity (Wildman–Crippen MR) is 106 cm³/mol. The zero-order chi connectivity index (χ0) is 18.3. The van der Waals surface area contributed by atoms with Gasteiger partial charge in [-0.05, 0) is 50.1 Å². The Morgan fingerprint density at radius 2 is 1.54 bits per heavy atom. The minimum absolute atomic E-state index is 0.757. The molecule has 0 bridgehead atoms. The van der Waals surface area contributed by atoms with Gasteiger partial charge in [0.2, 0.25) is 11.2 Å². The summed E-state index contributed by atoms with van der Waals surface area (Å²) in [6.07, 6.45) is 3.59. The quantitative estimate of drug-likeness (QED) is 0.495. The Balaban J connectivity index is 2.11. The van der Waals surface area contributed by atoms with Crippen LogP contribution < -0.4 is 4.57 Å². The minimum Gasteiger partial charge on any atom is -0.237 e. The Kier molecular flexibility index (Phi) is 4.00. The highest BCUT2D eigenvalue weighted by atomic mass is 14.9. The van der Waals surface area contributed by atoms with Crippen molar-refractivity contribution in [1.29, 1.82) is 0 Å². The van der Waals surface area contributed by atoms with E-state index in [1.165, 1.54) is 33.5 Å². The molecule has 2 aromatic heterocycles. The van der Waals surface area contributed by atoms with Crippen LogP contribution in [0, 0.1) is 20.8 Å². The number of benzene rings is 2. The number of aromatic nitrogens is 3. The summed E-state index contributed by atoms with van der Waals surface area (Å²) in [5.41, 5.74) is 8.56. The van der Waals surface area contributed by atoms with Crippen molar-refractivity contribution in [3.05, 3.63) is 77.6 Å². The third-order valence-corrected chi connectivity index (χ3v) is 5.09. The maximum absolute atomic E-state index is 4.50. The van der Waals surface area contributed by atoms with Gasteiger partial charge in [0.15, 0.2) is 5.82 Å². The molecule has 0 N–H and O–H groups in total. The smallest absolute Gasteiger partial charge is 0.213 e. The predicted octanol–water partition coefficient (Wildman–Crippen LogP) is 4.71. The molecule has 3 heteroatoms. The van der Waals surface area contributed by atoms with E-state index in [1.54, 1.807) is 12.4 Å². The molecule has 0 spiro atoms. The van der Waals surface area contributed by atoms with Gasteiger partial charge in [-0.15, -0.1) is 0 Å². The monoisotopic (exact) mass is 340 g/mol. The van der Waals surface area contributed by atoms with Crippen LogP contribution in [0.1, 0.15) is 16.7 Å². The molecule has 0 radical (unpaired) electrons. The lowest BCUT2D eigenvalue weighted by atomic mass is 9.95. The minimum atomic E-state index is 0.757. The zero-order valence-corrected chi connectivity index (χ0v) is 15.6. The van der Waals surface area contributed by atoms with Gasteiger partial charge in [-0.2, -0.15) is 4.57 Å². The average molecular weight is 340 g/mol. The first kappa shape index (κ1) is 16.4. The number of rotatable bonds is 2. The highest BCUT2D eigenvalue weighted by Crippen LogP contribution is 2.31. The molecule has 0 aliphatic rings. The molecular weight excluding hydrogens is 318 g/mol. The summed E-state index contributed by atoms with van der Waals surface area (Å²) in [4.78, 5) is 9.00. The molecule has 0 saturated carbocycles. The molecule has 0 aliphatic carbocycles. The maximum atomic E-state index is 4.50. The lowest BCUT2D eigenvalue weighted by molar-refractivity contribution is -0.633. The molecule has 0 fully saturated rings. The summed E-state index contributed by atoms with van der Waals surface area (Å²) in [5.74, 6) is 0.757. The van der Waals surface area contributed by atoms with Crippen molar-refractivity contribution < 1.29 is 4.57 Å². The van der Waals surface area contributed by atoms with Crippen molar-refractivity contribution in [2.45, 2.75) is 20.8 Å². The van der Waals surface area contributed by atoms with E-state index >= 15 is 0 Å². The van der Waals surface area contributed by atoms with Crippen LogP contribution in [0.4, 0.5) is 0 Å². The molecule has 3 nitrogen and oxygen atoms in total. The fraction of sp³-hybridized carbons (Fsp3) is 0.174. The van der Waals surface area contributed by atoms with E-state index < -0.39 is 0 Å². The molecule has 0 atom stereocenters. The van der Waals surface area contributed by atoms with Gasteiger partial charge in [-0.3, -0.25) is 0 Å². The molecule has 0 aliphatic heterocycles. The van der Waals surface area contributed by atoms with Crippen molar-refractivity contribution in [3.8, 4) is 22.6 Å². The van der Waals surface area contributed by atoms with Gasteiger partial charge < -0.3 is 0 Å². The first-order valence-corrected chi connectivity index (χ1v) is 8.83. The van der Waals surface area contributed by atoms with Crippen molar-refractivity contribution in [1.82, 2.24) is 9.97 Å². The summed E-state index contributed by atoms with van der Waals surface area (Å²) in [5, 5.41) is 1.16. The number of fused-ring (bicyclic) bond motifs is 1. The molecule has 128 valence electrons. The Morgan fingerprint density at radius 1 is 0.808 bits per heavy atom. The maximum Gasteiger partial charge on any atom is 0.213 e. The number of aryl methyl sites for hydroxylation is 3. The summed E-state index contributed by atoms with van der Waals surface area (Å²) >= 11 is 0. The number of para-hydroxylation sites is 1. The van der Waals surface area contributed by atoms with Crippen molar-refractivity contribution in [2.75, 3.05) is 0 Å². The van der Waals surface area contributed by atoms with E-state index in [0.29, 0.717) is 0 Å². The molecule has 4 aromatic rings. The zero-order valence-electron chi connectivity index (χ0n) is 15.6. The Labute approximate surface area is 154 Å². The molecule has 0 saturated heterocycles. The lowest BCUT2D eigenvalue weighted by Gasteiger charge is -2.12. The summed E-state index contributed by atoms with van der Waals surface area (Å²) in [7, 11) is 2.13. The summed E-state index contributed by atoms with van der Waals surface area (Å²) in [6, 6.07) is 17.0. The number of hydrogen-bond donors (Lipinski definition) is 0. The Hall–Kier alpha value is -3.07. The Morgan fingerprint density at radius 3 is 2.31 bits per heavy atom. The van der Waals surface area contributed by atoms with Crippen molar-refractivity contribution in [2.24, 2.45) is 7.05 Å². The molecule has 0 amide bonds. The standard InChI is InChI=1S/C23H22N3/c1-15-12-16(2)17(3)19(13-15)22-14-20(23-24-10-7-11-25-23)18-8-5-6-9-21(18)26(22)4/h5-14H,1-4H3/q+1. The third kappa shape index (κ3) is 2.66. The highest BCUT2D eigenvalue weighted by Gasteiger charge is 2.21. The largest absolute Gasteiger partial charge is 0.237 e. The number of nitrogens with zero attached hydrogens (tertiary/aromatic N) is 3. The van der Waals surface area contributed by atoms with E-state index in [4.69, 9.17) is 0 Å². The van der Waals surface area contributed by atoms with Crippen molar-refractivity contribution >= 4 is 10.9 Å². The van der Waals surface area contributed by atoms with Crippen molar-refractivity contribution in [3.63, 3.8) is 0 Å². The van der Waals surface area contributed by atoms with Crippen LogP contribution in [0.5, 0.6) is 0 Å². The summed E-state index contributed by atoms with van der Waals surface area (Å²) < 4.78 is 2.27. The fourth-order valence-electron chi connectivity index (χ4n) is 3.62. The van der Waals surface area contributed by atoms with Crippen LogP contribution in [-0.2, 0) is 7.05 Å². The third-order valence-electron chi connectivity index (χ3n) is 5.09. The van der Waals surface area contributed by atoms with Crippen LogP contribution in [0.2, 0.25) is 0 Å². The molecule has 4 rings (SSSR count). The van der Waals surface area contributed by atoms with Gasteiger partial charge in [0.25, 0.3) is 0 Å². The van der Waals surface area contributed by atoms with Gasteiger partial charge in [0, 0.05) is 35.7 Å². The van der Waals surface area contributed by atoms with Gasteiger partial charge in [0.05, 0.1) is 5.39 Å². The van der Waals surface area contributed by atoms with E-state index in [-0.39, 0.29) is 0 Å². The molecular formula is C23H22N3+. The highest BCUT2D eigenvalue weighted by molar-refractivity contribution is 5.92.